The van der Waals surface area contributed by atoms with Crippen molar-refractivity contribution in [1.82, 2.24) is 0 Å². The van der Waals surface area contributed by atoms with Gasteiger partial charge in [-0.1, -0.05) is 0 Å². The molecule has 0 aromatic heterocycles. The first-order valence-corrected chi connectivity index (χ1v) is 10.5. The van der Waals surface area contributed by atoms with Gasteiger partial charge >= 0.3 is 0 Å². The highest BCUT2D eigenvalue weighted by atomic mass is 19.1. The second kappa shape index (κ2) is 8.16. The van der Waals surface area contributed by atoms with E-state index in [2.05, 4.69) is 16.3 Å². The molecule has 2 aliphatic rings. The number of ether oxygens (including phenoxy) is 3. The molecule has 33 heavy (non-hydrogen) atoms. The van der Waals surface area contributed by atoms with Crippen molar-refractivity contribution in [3.8, 4) is 11.5 Å². The minimum Gasteiger partial charge on any atom is -0.497 e. The molecular weight excluding hydrogens is 423 g/mol. The molecule has 6 nitrogen and oxygen atoms in total. The molecule has 0 saturated carbocycles. The molecule has 0 unspecified atom stereocenters. The number of methoxy groups -OCH3 is 2. The number of nitrogens with one attached hydrogen (secondary N) is 1. The number of nitrogens with zero attached hydrogens (tertiary/aromatic N) is 1. The highest BCUT2D eigenvalue weighted by Crippen LogP contribution is 2.42. The van der Waals surface area contributed by atoms with Crippen molar-refractivity contribution in [2.24, 2.45) is 0 Å². The van der Waals surface area contributed by atoms with Crippen molar-refractivity contribution in [2.75, 3.05) is 31.5 Å². The van der Waals surface area contributed by atoms with Crippen molar-refractivity contribution in [1.29, 1.82) is 0 Å². The van der Waals surface area contributed by atoms with E-state index >= 15 is 0 Å². The van der Waals surface area contributed by atoms with Gasteiger partial charge in [-0.25, -0.2) is 4.39 Å². The van der Waals surface area contributed by atoms with E-state index < -0.39 is 5.82 Å². The number of anilines is 2. The number of hydrogen-bond donors (Lipinski definition) is 1. The molecule has 168 valence electrons. The van der Waals surface area contributed by atoms with Crippen LogP contribution in [-0.4, -0.2) is 27.2 Å². The van der Waals surface area contributed by atoms with Gasteiger partial charge in [0.25, 0.3) is 5.91 Å². The molecule has 1 amide bonds. The molecule has 0 spiro atoms. The first-order valence-electron chi connectivity index (χ1n) is 10.5. The monoisotopic (exact) mass is 446 g/mol. The zero-order valence-electron chi connectivity index (χ0n) is 18.6. The van der Waals surface area contributed by atoms with Crippen LogP contribution in [0.5, 0.6) is 11.5 Å². The molecular formula is C26H23FN2O4. The minimum absolute atomic E-state index is 0.286. The van der Waals surface area contributed by atoms with Crippen LogP contribution in [0.2, 0.25) is 0 Å². The maximum atomic E-state index is 13.8. The maximum Gasteiger partial charge on any atom is 0.260 e. The predicted octanol–water partition coefficient (Wildman–Crippen LogP) is 4.83. The van der Waals surface area contributed by atoms with E-state index in [-0.39, 0.29) is 5.91 Å². The van der Waals surface area contributed by atoms with Crippen LogP contribution >= 0.6 is 0 Å². The smallest absolute Gasteiger partial charge is 0.260 e. The van der Waals surface area contributed by atoms with Gasteiger partial charge in [0.1, 0.15) is 29.7 Å². The molecule has 0 radical (unpaired) electrons. The van der Waals surface area contributed by atoms with E-state index in [1.165, 1.54) is 12.1 Å². The number of rotatable bonds is 5. The Morgan fingerprint density at radius 1 is 1.03 bits per heavy atom. The van der Waals surface area contributed by atoms with Crippen molar-refractivity contribution < 1.29 is 23.4 Å². The lowest BCUT2D eigenvalue weighted by Gasteiger charge is -2.21. The topological polar surface area (TPSA) is 60.0 Å². The van der Waals surface area contributed by atoms with Gasteiger partial charge in [0, 0.05) is 53.3 Å². The Morgan fingerprint density at radius 3 is 2.67 bits per heavy atom. The molecule has 0 aliphatic carbocycles. The van der Waals surface area contributed by atoms with Gasteiger partial charge in [0.05, 0.1) is 19.8 Å². The molecule has 0 atom stereocenters. The fourth-order valence-electron chi connectivity index (χ4n) is 4.29. The Bertz CT molecular complexity index is 1300. The van der Waals surface area contributed by atoms with Crippen LogP contribution < -0.4 is 19.7 Å². The number of halogens is 1. The predicted molar refractivity (Wildman–Crippen MR) is 125 cm³/mol. The lowest BCUT2D eigenvalue weighted by molar-refractivity contribution is -0.110. The molecule has 1 N–H and O–H groups in total. The second-order valence-electron chi connectivity index (χ2n) is 8.01. The summed E-state index contributed by atoms with van der Waals surface area (Å²) in [6.45, 7) is 0.982. The number of fused-ring (bicyclic) bond motifs is 2. The van der Waals surface area contributed by atoms with Gasteiger partial charge < -0.3 is 24.4 Å². The molecule has 0 saturated heterocycles. The lowest BCUT2D eigenvalue weighted by Crippen LogP contribution is -2.17. The number of carbonyl (C=O) groups is 1. The summed E-state index contributed by atoms with van der Waals surface area (Å²) in [4.78, 5) is 14.7. The molecule has 2 heterocycles. The van der Waals surface area contributed by atoms with Crippen molar-refractivity contribution >= 4 is 28.6 Å². The molecule has 3 aromatic carbocycles. The Morgan fingerprint density at radius 2 is 1.88 bits per heavy atom. The average Bonchev–Trinajstić information content (AvgIpc) is 3.38. The summed E-state index contributed by atoms with van der Waals surface area (Å²) in [5, 5.41) is 2.79. The standard InChI is InChI=1S/C26H23FN2O4/c1-29(13-15-4-7-19(31-2)12-23(15)32-3)18-6-8-20-16(10-18)14-33-25(20)24-21-11-17(27)5-9-22(21)28-26(24)30/h4-12H,13-14H2,1-3H3,(H,28,30)/b25-24+. The quantitative estimate of drug-likeness (QED) is 0.569. The summed E-state index contributed by atoms with van der Waals surface area (Å²) < 4.78 is 30.6. The van der Waals surface area contributed by atoms with Crippen LogP contribution in [0.15, 0.2) is 54.6 Å². The molecule has 0 fully saturated rings. The van der Waals surface area contributed by atoms with Gasteiger partial charge in [-0.2, -0.15) is 0 Å². The van der Waals surface area contributed by atoms with Crippen LogP contribution in [0.3, 0.4) is 0 Å². The second-order valence-corrected chi connectivity index (χ2v) is 8.01. The Hall–Kier alpha value is -4.00. The highest BCUT2D eigenvalue weighted by molar-refractivity contribution is 6.36. The normalized spacial score (nSPS) is 16.1. The Kier molecular flexibility index (Phi) is 5.17. The molecule has 0 bridgehead atoms. The van der Waals surface area contributed by atoms with Crippen molar-refractivity contribution in [3.63, 3.8) is 0 Å². The van der Waals surface area contributed by atoms with E-state index in [4.69, 9.17) is 14.2 Å². The number of amides is 1. The summed E-state index contributed by atoms with van der Waals surface area (Å²) in [5.74, 6) is 1.30. The largest absolute Gasteiger partial charge is 0.497 e. The van der Waals surface area contributed by atoms with Crippen LogP contribution in [0, 0.1) is 5.82 Å². The molecule has 7 heteroatoms. The zero-order valence-corrected chi connectivity index (χ0v) is 18.6. The fourth-order valence-corrected chi connectivity index (χ4v) is 4.29. The minimum atomic E-state index is -0.396. The Labute approximate surface area is 191 Å². The van der Waals surface area contributed by atoms with Crippen LogP contribution in [0.25, 0.3) is 11.3 Å². The van der Waals surface area contributed by atoms with Crippen LogP contribution in [0.1, 0.15) is 22.3 Å². The summed E-state index contributed by atoms with van der Waals surface area (Å²) >= 11 is 0. The summed E-state index contributed by atoms with van der Waals surface area (Å²) in [6.07, 6.45) is 0. The molecule has 3 aromatic rings. The van der Waals surface area contributed by atoms with Gasteiger partial charge in [-0.3, -0.25) is 4.79 Å². The number of carbonyl (C=O) groups excluding carboxylic acids is 1. The first kappa shape index (κ1) is 20.9. The van der Waals surface area contributed by atoms with E-state index in [9.17, 15) is 9.18 Å². The maximum absolute atomic E-state index is 13.8. The molecule has 5 rings (SSSR count). The average molecular weight is 446 g/mol. The van der Waals surface area contributed by atoms with Crippen LogP contribution in [0.4, 0.5) is 15.8 Å². The van der Waals surface area contributed by atoms with Gasteiger partial charge in [0.15, 0.2) is 0 Å². The number of hydrogen-bond acceptors (Lipinski definition) is 5. The van der Waals surface area contributed by atoms with Crippen molar-refractivity contribution in [3.05, 3.63) is 82.7 Å². The van der Waals surface area contributed by atoms with Gasteiger partial charge in [0.2, 0.25) is 0 Å². The summed E-state index contributed by atoms with van der Waals surface area (Å²) in [6, 6.07) is 16.0. The summed E-state index contributed by atoms with van der Waals surface area (Å²) in [5.41, 5.74) is 5.33. The summed E-state index contributed by atoms with van der Waals surface area (Å²) in [7, 11) is 5.27. The third-order valence-electron chi connectivity index (χ3n) is 6.00. The third-order valence-corrected chi connectivity index (χ3v) is 6.00. The van der Waals surface area contributed by atoms with Crippen LogP contribution in [-0.2, 0) is 22.7 Å². The fraction of sp³-hybridized carbons (Fsp3) is 0.192. The van der Waals surface area contributed by atoms with E-state index in [0.717, 1.165) is 33.9 Å². The van der Waals surface area contributed by atoms with Gasteiger partial charge in [-0.05, 0) is 48.5 Å². The highest BCUT2D eigenvalue weighted by Gasteiger charge is 2.33. The number of benzene rings is 3. The SMILES string of the molecule is COc1ccc(CN(C)c2ccc3c(c2)CO/C3=C2/C(=O)Nc3ccc(F)cc32)c(OC)c1. The van der Waals surface area contributed by atoms with Gasteiger partial charge in [-0.15, -0.1) is 0 Å². The molecule has 2 aliphatic heterocycles. The van der Waals surface area contributed by atoms with E-state index in [1.54, 1.807) is 20.3 Å². The van der Waals surface area contributed by atoms with E-state index in [0.29, 0.717) is 35.7 Å². The van der Waals surface area contributed by atoms with E-state index in [1.807, 2.05) is 37.4 Å². The third kappa shape index (κ3) is 3.65. The van der Waals surface area contributed by atoms with Crippen molar-refractivity contribution in [2.45, 2.75) is 13.2 Å². The zero-order chi connectivity index (χ0) is 23.1. The lowest BCUT2D eigenvalue weighted by atomic mass is 10.00. The Balaban J connectivity index is 1.45. The first-order chi connectivity index (χ1) is 16.0.